The van der Waals surface area contributed by atoms with Crippen molar-refractivity contribution < 1.29 is 4.74 Å². The Kier molecular flexibility index (Phi) is 4.23. The number of benzene rings is 1. The van der Waals surface area contributed by atoms with Crippen molar-refractivity contribution in [3.05, 3.63) is 29.8 Å². The molecule has 1 saturated heterocycles. The molecule has 1 aliphatic rings. The summed E-state index contributed by atoms with van der Waals surface area (Å²) in [5, 5.41) is 3.43. The van der Waals surface area contributed by atoms with Gasteiger partial charge in [-0.05, 0) is 37.0 Å². The summed E-state index contributed by atoms with van der Waals surface area (Å²) in [5.74, 6) is 0. The first-order chi connectivity index (χ1) is 7.88. The number of anilines is 1. The Balaban J connectivity index is 1.80. The van der Waals surface area contributed by atoms with Crippen LogP contribution in [0.2, 0.25) is 0 Å². The second-order valence-electron chi connectivity index (χ2n) is 4.46. The van der Waals surface area contributed by atoms with Crippen molar-refractivity contribution >= 4 is 5.69 Å². The lowest BCUT2D eigenvalue weighted by atomic mass is 10.1. The summed E-state index contributed by atoms with van der Waals surface area (Å²) < 4.78 is 5.57. The predicted molar refractivity (Wildman–Crippen MR) is 67.9 cm³/mol. The highest BCUT2D eigenvalue weighted by atomic mass is 16.5. The third kappa shape index (κ3) is 3.24. The van der Waals surface area contributed by atoms with Gasteiger partial charge in [-0.3, -0.25) is 0 Å². The molecule has 1 atom stereocenters. The Morgan fingerprint density at radius 1 is 1.31 bits per heavy atom. The van der Waals surface area contributed by atoms with E-state index in [4.69, 9.17) is 4.74 Å². The van der Waals surface area contributed by atoms with Gasteiger partial charge >= 0.3 is 0 Å². The van der Waals surface area contributed by atoms with Crippen LogP contribution in [0, 0.1) is 0 Å². The zero-order valence-electron chi connectivity index (χ0n) is 10.0. The number of nitrogens with one attached hydrogen (secondary N) is 1. The first-order valence-corrected chi connectivity index (χ1v) is 6.33. The monoisotopic (exact) mass is 219 g/mol. The average Bonchev–Trinajstić information content (AvgIpc) is 2.82. The minimum Gasteiger partial charge on any atom is -0.382 e. The summed E-state index contributed by atoms with van der Waals surface area (Å²) in [4.78, 5) is 0. The molecule has 0 saturated carbocycles. The molecule has 1 aromatic rings. The lowest BCUT2D eigenvalue weighted by Gasteiger charge is -2.12. The van der Waals surface area contributed by atoms with Gasteiger partial charge in [0.15, 0.2) is 0 Å². The normalized spacial score (nSPS) is 19.9. The molecule has 16 heavy (non-hydrogen) atoms. The summed E-state index contributed by atoms with van der Waals surface area (Å²) in [6.45, 7) is 4.08. The fourth-order valence-electron chi connectivity index (χ4n) is 2.11. The van der Waals surface area contributed by atoms with E-state index in [0.717, 1.165) is 13.2 Å². The molecule has 0 aliphatic carbocycles. The van der Waals surface area contributed by atoms with Gasteiger partial charge in [0.2, 0.25) is 0 Å². The molecule has 0 spiro atoms. The van der Waals surface area contributed by atoms with Gasteiger partial charge < -0.3 is 10.1 Å². The van der Waals surface area contributed by atoms with E-state index in [1.165, 1.54) is 36.9 Å². The molecule has 1 aromatic carbocycles. The molecule has 0 bridgehead atoms. The molecule has 1 unspecified atom stereocenters. The Morgan fingerprint density at radius 3 is 2.75 bits per heavy atom. The SMILES string of the molecule is CCCc1ccc(NCC2CCCO2)cc1. The van der Waals surface area contributed by atoms with E-state index in [1.807, 2.05) is 0 Å². The predicted octanol–water partition coefficient (Wildman–Crippen LogP) is 3.23. The van der Waals surface area contributed by atoms with Gasteiger partial charge in [-0.1, -0.05) is 25.5 Å². The van der Waals surface area contributed by atoms with Crippen molar-refractivity contribution in [1.29, 1.82) is 0 Å². The fourth-order valence-corrected chi connectivity index (χ4v) is 2.11. The van der Waals surface area contributed by atoms with Crippen LogP contribution in [0.4, 0.5) is 5.69 Å². The lowest BCUT2D eigenvalue weighted by Crippen LogP contribution is -2.18. The van der Waals surface area contributed by atoms with Crippen molar-refractivity contribution in [2.45, 2.75) is 38.7 Å². The van der Waals surface area contributed by atoms with E-state index in [-0.39, 0.29) is 0 Å². The van der Waals surface area contributed by atoms with Crippen molar-refractivity contribution in [1.82, 2.24) is 0 Å². The van der Waals surface area contributed by atoms with Crippen molar-refractivity contribution in [3.8, 4) is 0 Å². The van der Waals surface area contributed by atoms with Crippen LogP contribution in [0.15, 0.2) is 24.3 Å². The van der Waals surface area contributed by atoms with E-state index in [2.05, 4.69) is 36.5 Å². The summed E-state index contributed by atoms with van der Waals surface area (Å²) in [6, 6.07) is 8.75. The van der Waals surface area contributed by atoms with E-state index in [1.54, 1.807) is 0 Å². The van der Waals surface area contributed by atoms with Crippen LogP contribution in [0.1, 0.15) is 31.7 Å². The van der Waals surface area contributed by atoms with Crippen LogP contribution >= 0.6 is 0 Å². The Labute approximate surface area is 98.0 Å². The minimum absolute atomic E-state index is 0.412. The van der Waals surface area contributed by atoms with E-state index in [9.17, 15) is 0 Å². The number of hydrogen-bond donors (Lipinski definition) is 1. The molecule has 0 amide bonds. The van der Waals surface area contributed by atoms with E-state index in [0.29, 0.717) is 6.10 Å². The van der Waals surface area contributed by atoms with Crippen LogP contribution in [-0.2, 0) is 11.2 Å². The van der Waals surface area contributed by atoms with Gasteiger partial charge in [-0.2, -0.15) is 0 Å². The van der Waals surface area contributed by atoms with Gasteiger partial charge in [0.25, 0.3) is 0 Å². The summed E-state index contributed by atoms with van der Waals surface area (Å²) in [7, 11) is 0. The number of rotatable bonds is 5. The molecule has 2 heteroatoms. The maximum absolute atomic E-state index is 5.57. The van der Waals surface area contributed by atoms with Gasteiger partial charge in [-0.15, -0.1) is 0 Å². The molecule has 1 aliphatic heterocycles. The van der Waals surface area contributed by atoms with Gasteiger partial charge in [0.1, 0.15) is 0 Å². The van der Waals surface area contributed by atoms with Crippen LogP contribution in [0.25, 0.3) is 0 Å². The standard InChI is InChI=1S/C14H21NO/c1-2-4-12-6-8-13(9-7-12)15-11-14-5-3-10-16-14/h6-9,14-15H,2-5,10-11H2,1H3. The smallest absolute Gasteiger partial charge is 0.0748 e. The van der Waals surface area contributed by atoms with Crippen molar-refractivity contribution in [2.75, 3.05) is 18.5 Å². The average molecular weight is 219 g/mol. The summed E-state index contributed by atoms with van der Waals surface area (Å²) in [5.41, 5.74) is 2.63. The number of aryl methyl sites for hydroxylation is 1. The third-order valence-electron chi connectivity index (χ3n) is 3.05. The lowest BCUT2D eigenvalue weighted by molar-refractivity contribution is 0.120. The molecule has 1 N–H and O–H groups in total. The molecule has 2 nitrogen and oxygen atoms in total. The largest absolute Gasteiger partial charge is 0.382 e. The highest BCUT2D eigenvalue weighted by molar-refractivity contribution is 5.44. The third-order valence-corrected chi connectivity index (χ3v) is 3.05. The molecular formula is C14H21NO. The van der Waals surface area contributed by atoms with Crippen LogP contribution in [0.3, 0.4) is 0 Å². The van der Waals surface area contributed by atoms with Gasteiger partial charge in [0, 0.05) is 18.8 Å². The molecule has 0 aromatic heterocycles. The summed E-state index contributed by atoms with van der Waals surface area (Å²) >= 11 is 0. The molecule has 0 radical (unpaired) electrons. The maximum Gasteiger partial charge on any atom is 0.0748 e. The zero-order chi connectivity index (χ0) is 11.2. The highest BCUT2D eigenvalue weighted by Crippen LogP contribution is 2.15. The van der Waals surface area contributed by atoms with Gasteiger partial charge in [-0.25, -0.2) is 0 Å². The molecular weight excluding hydrogens is 198 g/mol. The van der Waals surface area contributed by atoms with E-state index < -0.39 is 0 Å². The number of hydrogen-bond acceptors (Lipinski definition) is 2. The molecule has 1 fully saturated rings. The van der Waals surface area contributed by atoms with Crippen LogP contribution < -0.4 is 5.32 Å². The Bertz CT molecular complexity index is 301. The van der Waals surface area contributed by atoms with Gasteiger partial charge in [0.05, 0.1) is 6.10 Å². The second kappa shape index (κ2) is 5.90. The van der Waals surface area contributed by atoms with E-state index >= 15 is 0 Å². The summed E-state index contributed by atoms with van der Waals surface area (Å²) in [6.07, 6.45) is 5.20. The number of ether oxygens (including phenoxy) is 1. The maximum atomic E-state index is 5.57. The molecule has 88 valence electrons. The molecule has 2 rings (SSSR count). The first kappa shape index (κ1) is 11.5. The molecule has 1 heterocycles. The minimum atomic E-state index is 0.412. The van der Waals surface area contributed by atoms with Crippen molar-refractivity contribution in [2.24, 2.45) is 0 Å². The topological polar surface area (TPSA) is 21.3 Å². The highest BCUT2D eigenvalue weighted by Gasteiger charge is 2.14. The Hall–Kier alpha value is -1.02. The van der Waals surface area contributed by atoms with Crippen molar-refractivity contribution in [3.63, 3.8) is 0 Å². The first-order valence-electron chi connectivity index (χ1n) is 6.33. The van der Waals surface area contributed by atoms with Crippen LogP contribution in [-0.4, -0.2) is 19.3 Å². The quantitative estimate of drug-likeness (QED) is 0.821. The zero-order valence-corrected chi connectivity index (χ0v) is 10.0. The van der Waals surface area contributed by atoms with Crippen LogP contribution in [0.5, 0.6) is 0 Å². The second-order valence-corrected chi connectivity index (χ2v) is 4.46. The fraction of sp³-hybridized carbons (Fsp3) is 0.571. The Morgan fingerprint density at radius 2 is 2.12 bits per heavy atom.